The first kappa shape index (κ1) is 16.0. The van der Waals surface area contributed by atoms with Crippen molar-refractivity contribution < 1.29 is 9.53 Å². The Balaban J connectivity index is 1.93. The van der Waals surface area contributed by atoms with Crippen LogP contribution in [0, 0.1) is 0 Å². The molecule has 0 fully saturated rings. The van der Waals surface area contributed by atoms with Crippen molar-refractivity contribution >= 4 is 5.91 Å². The van der Waals surface area contributed by atoms with E-state index in [4.69, 9.17) is 4.74 Å². The summed E-state index contributed by atoms with van der Waals surface area (Å²) in [7, 11) is 0. The van der Waals surface area contributed by atoms with Crippen molar-refractivity contribution in [2.45, 2.75) is 45.9 Å². The monoisotopic (exact) mass is 302 g/mol. The second-order valence-corrected chi connectivity index (χ2v) is 5.40. The molecule has 0 aliphatic rings. The molecule has 1 aromatic carbocycles. The van der Waals surface area contributed by atoms with E-state index in [-0.39, 0.29) is 18.1 Å². The molecule has 0 saturated heterocycles. The lowest BCUT2D eigenvalue weighted by molar-refractivity contribution is -0.122. The molecule has 2 aromatic rings. The minimum atomic E-state index is -0.113. The zero-order valence-electron chi connectivity index (χ0n) is 13.2. The van der Waals surface area contributed by atoms with Gasteiger partial charge in [0, 0.05) is 12.0 Å². The molecule has 1 N–H and O–H groups in total. The van der Waals surface area contributed by atoms with Crippen molar-refractivity contribution in [1.29, 1.82) is 0 Å². The van der Waals surface area contributed by atoms with Crippen LogP contribution < -0.4 is 10.1 Å². The number of para-hydroxylation sites is 1. The molecule has 0 aliphatic heterocycles. The summed E-state index contributed by atoms with van der Waals surface area (Å²) in [6.45, 7) is 6.44. The molecule has 0 bridgehead atoms. The van der Waals surface area contributed by atoms with Crippen LogP contribution in [0.5, 0.6) is 5.75 Å². The van der Waals surface area contributed by atoms with Crippen LogP contribution in [0.1, 0.15) is 38.8 Å². The molecular weight excluding hydrogens is 280 g/mol. The highest BCUT2D eigenvalue weighted by atomic mass is 16.5. The zero-order chi connectivity index (χ0) is 15.9. The molecule has 1 heterocycles. The Morgan fingerprint density at radius 2 is 2.09 bits per heavy atom. The van der Waals surface area contributed by atoms with Gasteiger partial charge in [0.05, 0.1) is 18.7 Å². The number of aromatic nitrogens is 3. The number of amides is 1. The number of nitrogens with one attached hydrogen (secondary N) is 1. The van der Waals surface area contributed by atoms with E-state index < -0.39 is 0 Å². The summed E-state index contributed by atoms with van der Waals surface area (Å²) < 4.78 is 7.43. The van der Waals surface area contributed by atoms with Crippen LogP contribution in [0.4, 0.5) is 0 Å². The minimum absolute atomic E-state index is 0.0256. The van der Waals surface area contributed by atoms with Gasteiger partial charge in [0.1, 0.15) is 18.4 Å². The molecule has 0 spiro atoms. The van der Waals surface area contributed by atoms with Gasteiger partial charge < -0.3 is 10.1 Å². The predicted molar refractivity (Wildman–Crippen MR) is 83.4 cm³/mol. The molecule has 6 heteroatoms. The molecule has 2 rings (SSSR count). The molecule has 22 heavy (non-hydrogen) atoms. The molecule has 0 unspecified atom stereocenters. The van der Waals surface area contributed by atoms with Gasteiger partial charge in [0.15, 0.2) is 0 Å². The second-order valence-electron chi connectivity index (χ2n) is 5.40. The minimum Gasteiger partial charge on any atom is -0.491 e. The van der Waals surface area contributed by atoms with Crippen molar-refractivity contribution in [3.8, 4) is 5.75 Å². The maximum absolute atomic E-state index is 12.0. The number of hydrogen-bond donors (Lipinski definition) is 1. The van der Waals surface area contributed by atoms with Gasteiger partial charge in [-0.3, -0.25) is 9.48 Å². The van der Waals surface area contributed by atoms with E-state index in [0.29, 0.717) is 13.0 Å². The van der Waals surface area contributed by atoms with Crippen molar-refractivity contribution in [1.82, 2.24) is 20.1 Å². The lowest BCUT2D eigenvalue weighted by Gasteiger charge is -2.19. The summed E-state index contributed by atoms with van der Waals surface area (Å²) in [6, 6.07) is 7.66. The Morgan fingerprint density at radius 1 is 1.32 bits per heavy atom. The van der Waals surface area contributed by atoms with E-state index >= 15 is 0 Å². The number of hydrogen-bond acceptors (Lipinski definition) is 4. The normalized spacial score (nSPS) is 12.2. The molecule has 118 valence electrons. The SMILES string of the molecule is CC(C)Oc1ccccc1[C@H](C)NC(=O)CCn1cncn1. The molecule has 6 nitrogen and oxygen atoms in total. The second kappa shape index (κ2) is 7.59. The van der Waals surface area contributed by atoms with Gasteiger partial charge in [0.2, 0.25) is 5.91 Å². The number of rotatable bonds is 7. The smallest absolute Gasteiger partial charge is 0.222 e. The van der Waals surface area contributed by atoms with Crippen LogP contribution in [0.3, 0.4) is 0 Å². The van der Waals surface area contributed by atoms with Crippen molar-refractivity contribution in [2.75, 3.05) is 0 Å². The third-order valence-corrected chi connectivity index (χ3v) is 3.16. The molecule has 1 aromatic heterocycles. The van der Waals surface area contributed by atoms with Crippen LogP contribution in [0.15, 0.2) is 36.9 Å². The maximum atomic E-state index is 12.0. The standard InChI is InChI=1S/C16H22N4O2/c1-12(2)22-15-7-5-4-6-14(15)13(3)19-16(21)8-9-20-11-17-10-18-20/h4-7,10-13H,8-9H2,1-3H3,(H,19,21)/t13-/m0/s1. The fourth-order valence-electron chi connectivity index (χ4n) is 2.16. The number of ether oxygens (including phenoxy) is 1. The van der Waals surface area contributed by atoms with E-state index in [2.05, 4.69) is 15.4 Å². The Morgan fingerprint density at radius 3 is 2.77 bits per heavy atom. The summed E-state index contributed by atoms with van der Waals surface area (Å²) in [6.07, 6.45) is 3.51. The Hall–Kier alpha value is -2.37. The summed E-state index contributed by atoms with van der Waals surface area (Å²) in [5.41, 5.74) is 0.977. The molecular formula is C16H22N4O2. The van der Waals surface area contributed by atoms with Crippen LogP contribution in [-0.2, 0) is 11.3 Å². The highest BCUT2D eigenvalue weighted by Gasteiger charge is 2.14. The third kappa shape index (κ3) is 4.58. The fourth-order valence-corrected chi connectivity index (χ4v) is 2.16. The van der Waals surface area contributed by atoms with Gasteiger partial charge in [-0.2, -0.15) is 5.10 Å². The van der Waals surface area contributed by atoms with Gasteiger partial charge in [-0.25, -0.2) is 4.98 Å². The highest BCUT2D eigenvalue weighted by Crippen LogP contribution is 2.25. The fraction of sp³-hybridized carbons (Fsp3) is 0.438. The first-order valence-corrected chi connectivity index (χ1v) is 7.43. The summed E-state index contributed by atoms with van der Waals surface area (Å²) in [5.74, 6) is 0.781. The Labute approximate surface area is 130 Å². The molecule has 1 amide bonds. The first-order chi connectivity index (χ1) is 10.6. The molecule has 0 saturated carbocycles. The van der Waals surface area contributed by atoms with Crippen LogP contribution in [0.2, 0.25) is 0 Å². The van der Waals surface area contributed by atoms with Crippen molar-refractivity contribution in [3.63, 3.8) is 0 Å². The van der Waals surface area contributed by atoms with Crippen molar-refractivity contribution in [2.24, 2.45) is 0 Å². The average molecular weight is 302 g/mol. The molecule has 1 atom stereocenters. The van der Waals surface area contributed by atoms with Gasteiger partial charge in [-0.1, -0.05) is 18.2 Å². The van der Waals surface area contributed by atoms with Gasteiger partial charge in [-0.05, 0) is 26.8 Å². The number of nitrogens with zero attached hydrogens (tertiary/aromatic N) is 3. The van der Waals surface area contributed by atoms with E-state index in [9.17, 15) is 4.79 Å². The number of carbonyl (C=O) groups excluding carboxylic acids is 1. The predicted octanol–water partition coefficient (Wildman–Crippen LogP) is 2.33. The lowest BCUT2D eigenvalue weighted by atomic mass is 10.1. The van der Waals surface area contributed by atoms with Crippen LogP contribution in [0.25, 0.3) is 0 Å². The summed E-state index contributed by atoms with van der Waals surface area (Å²) in [4.78, 5) is 15.9. The largest absolute Gasteiger partial charge is 0.491 e. The van der Waals surface area contributed by atoms with Crippen molar-refractivity contribution in [3.05, 3.63) is 42.5 Å². The quantitative estimate of drug-likeness (QED) is 0.852. The van der Waals surface area contributed by atoms with Gasteiger partial charge in [-0.15, -0.1) is 0 Å². The first-order valence-electron chi connectivity index (χ1n) is 7.43. The van der Waals surface area contributed by atoms with E-state index in [0.717, 1.165) is 11.3 Å². The number of carbonyl (C=O) groups is 1. The Bertz CT molecular complexity index is 596. The summed E-state index contributed by atoms with van der Waals surface area (Å²) >= 11 is 0. The number of benzene rings is 1. The van der Waals surface area contributed by atoms with E-state index in [1.54, 1.807) is 11.0 Å². The van der Waals surface area contributed by atoms with Gasteiger partial charge in [0.25, 0.3) is 0 Å². The summed E-state index contributed by atoms with van der Waals surface area (Å²) in [5, 5.41) is 6.97. The van der Waals surface area contributed by atoms with E-state index in [1.165, 1.54) is 6.33 Å². The van der Waals surface area contributed by atoms with E-state index in [1.807, 2.05) is 45.0 Å². The average Bonchev–Trinajstić information content (AvgIpc) is 2.98. The highest BCUT2D eigenvalue weighted by molar-refractivity contribution is 5.76. The molecule has 0 aliphatic carbocycles. The van der Waals surface area contributed by atoms with Crippen LogP contribution in [-0.4, -0.2) is 26.8 Å². The molecule has 0 radical (unpaired) electrons. The maximum Gasteiger partial charge on any atom is 0.222 e. The Kier molecular flexibility index (Phi) is 5.52. The zero-order valence-corrected chi connectivity index (χ0v) is 13.2. The third-order valence-electron chi connectivity index (χ3n) is 3.16. The lowest BCUT2D eigenvalue weighted by Crippen LogP contribution is -2.28. The van der Waals surface area contributed by atoms with Gasteiger partial charge >= 0.3 is 0 Å². The van der Waals surface area contributed by atoms with Crippen LogP contribution >= 0.6 is 0 Å². The topological polar surface area (TPSA) is 69.0 Å². The number of aryl methyl sites for hydroxylation is 1.